The van der Waals surface area contributed by atoms with E-state index < -0.39 is 23.8 Å². The fourth-order valence-corrected chi connectivity index (χ4v) is 6.09. The van der Waals surface area contributed by atoms with Crippen molar-refractivity contribution in [1.29, 1.82) is 0 Å². The zero-order valence-corrected chi connectivity index (χ0v) is 23.0. The van der Waals surface area contributed by atoms with Crippen LogP contribution in [-0.2, 0) is 19.1 Å². The number of benzene rings is 2. The Kier molecular flexibility index (Phi) is 7.80. The van der Waals surface area contributed by atoms with Crippen molar-refractivity contribution in [2.24, 2.45) is 5.92 Å². The van der Waals surface area contributed by atoms with E-state index in [-0.39, 0.29) is 23.6 Å². The number of ketones is 1. The van der Waals surface area contributed by atoms with Gasteiger partial charge >= 0.3 is 11.9 Å². The van der Waals surface area contributed by atoms with E-state index in [9.17, 15) is 14.4 Å². The Labute approximate surface area is 233 Å². The average Bonchev–Trinajstić information content (AvgIpc) is 3.41. The molecule has 1 aliphatic heterocycles. The highest BCUT2D eigenvalue weighted by atomic mass is 35.5. The third-order valence-corrected chi connectivity index (χ3v) is 8.01. The molecule has 7 nitrogen and oxygen atoms in total. The Morgan fingerprint density at radius 2 is 1.67 bits per heavy atom. The van der Waals surface area contributed by atoms with Crippen molar-refractivity contribution in [2.75, 3.05) is 7.11 Å². The minimum absolute atomic E-state index is 0.0200. The highest BCUT2D eigenvalue weighted by molar-refractivity contribution is 6.30. The van der Waals surface area contributed by atoms with Gasteiger partial charge in [-0.1, -0.05) is 35.9 Å². The van der Waals surface area contributed by atoms with Gasteiger partial charge in [-0.3, -0.25) is 9.59 Å². The normalized spacial score (nSPS) is 23.0. The molecule has 0 saturated heterocycles. The number of nitrogens with one attached hydrogen (secondary N) is 1. The number of fused-ring (bicyclic) bond motifs is 1. The SMILES string of the molecule is COc1cc(C2C(C(=O)OC3CCCC3)=C(C)NC3=CC(c4ccc(Cl)cc4)CC(=O)C32)ccc1OC(C)=O. The van der Waals surface area contributed by atoms with Crippen LogP contribution in [0.25, 0.3) is 0 Å². The van der Waals surface area contributed by atoms with Gasteiger partial charge in [0, 0.05) is 41.6 Å². The first-order valence-electron chi connectivity index (χ1n) is 13.3. The van der Waals surface area contributed by atoms with Crippen molar-refractivity contribution >= 4 is 29.3 Å². The van der Waals surface area contributed by atoms with Gasteiger partial charge in [0.2, 0.25) is 0 Å². The van der Waals surface area contributed by atoms with Crippen LogP contribution in [0.3, 0.4) is 0 Å². The minimum atomic E-state index is -0.604. The van der Waals surface area contributed by atoms with Gasteiger partial charge in [-0.15, -0.1) is 0 Å². The standard InChI is InChI=1S/C31H32ClNO6/c1-17-28(31(36)39-23-6-4-5-7-23)29(20-10-13-26(38-18(2)34)27(16-20)37-3)30-24(33-17)14-21(15-25(30)35)19-8-11-22(32)12-9-19/h8-14,16,21,23,29-30,33H,4-7,15H2,1-3H3. The van der Waals surface area contributed by atoms with Crippen LogP contribution in [0, 0.1) is 5.92 Å². The van der Waals surface area contributed by atoms with Gasteiger partial charge in [0.1, 0.15) is 11.9 Å². The van der Waals surface area contributed by atoms with Crippen LogP contribution in [-0.4, -0.2) is 30.9 Å². The molecular weight excluding hydrogens is 518 g/mol. The van der Waals surface area contributed by atoms with E-state index in [2.05, 4.69) is 11.4 Å². The molecule has 5 rings (SSSR count). The van der Waals surface area contributed by atoms with Gasteiger partial charge in [0.25, 0.3) is 0 Å². The van der Waals surface area contributed by atoms with Crippen molar-refractivity contribution in [3.8, 4) is 11.5 Å². The second-order valence-corrected chi connectivity index (χ2v) is 10.8. The van der Waals surface area contributed by atoms with Crippen molar-refractivity contribution in [3.05, 3.63) is 81.7 Å². The van der Waals surface area contributed by atoms with Crippen LogP contribution in [0.4, 0.5) is 0 Å². The first-order valence-corrected chi connectivity index (χ1v) is 13.7. The zero-order chi connectivity index (χ0) is 27.7. The molecule has 2 aliphatic carbocycles. The van der Waals surface area contributed by atoms with E-state index >= 15 is 0 Å². The minimum Gasteiger partial charge on any atom is -0.493 e. The Morgan fingerprint density at radius 3 is 2.33 bits per heavy atom. The lowest BCUT2D eigenvalue weighted by molar-refractivity contribution is -0.144. The van der Waals surface area contributed by atoms with Gasteiger partial charge in [-0.2, -0.15) is 0 Å². The Hall–Kier alpha value is -3.58. The highest BCUT2D eigenvalue weighted by Gasteiger charge is 2.45. The molecule has 0 amide bonds. The summed E-state index contributed by atoms with van der Waals surface area (Å²) >= 11 is 6.08. The fourth-order valence-electron chi connectivity index (χ4n) is 5.97. The van der Waals surface area contributed by atoms with E-state index in [1.54, 1.807) is 18.2 Å². The summed E-state index contributed by atoms with van der Waals surface area (Å²) < 4.78 is 16.8. The van der Waals surface area contributed by atoms with E-state index in [1.807, 2.05) is 31.2 Å². The van der Waals surface area contributed by atoms with Gasteiger partial charge < -0.3 is 19.5 Å². The molecule has 2 aromatic carbocycles. The van der Waals surface area contributed by atoms with Crippen LogP contribution in [0.1, 0.15) is 68.9 Å². The number of carbonyl (C=O) groups excluding carboxylic acids is 3. The van der Waals surface area contributed by atoms with Gasteiger partial charge in [-0.05, 0) is 68.0 Å². The number of halogens is 1. The Morgan fingerprint density at radius 1 is 0.974 bits per heavy atom. The smallest absolute Gasteiger partial charge is 0.336 e. The summed E-state index contributed by atoms with van der Waals surface area (Å²) in [5, 5.41) is 4.01. The third-order valence-electron chi connectivity index (χ3n) is 7.76. The predicted octanol–water partition coefficient (Wildman–Crippen LogP) is 5.98. The number of ether oxygens (including phenoxy) is 3. The van der Waals surface area contributed by atoms with Crippen LogP contribution in [0.15, 0.2) is 65.5 Å². The largest absolute Gasteiger partial charge is 0.493 e. The molecule has 0 aromatic heterocycles. The lowest BCUT2D eigenvalue weighted by Gasteiger charge is -2.40. The predicted molar refractivity (Wildman–Crippen MR) is 147 cm³/mol. The summed E-state index contributed by atoms with van der Waals surface area (Å²) in [6.45, 7) is 3.16. The number of carbonyl (C=O) groups is 3. The molecule has 3 atom stereocenters. The molecule has 204 valence electrons. The summed E-state index contributed by atoms with van der Waals surface area (Å²) in [7, 11) is 1.48. The molecule has 0 spiro atoms. The Bertz CT molecular complexity index is 1360. The monoisotopic (exact) mass is 549 g/mol. The summed E-state index contributed by atoms with van der Waals surface area (Å²) in [5.41, 5.74) is 3.55. The maximum atomic E-state index is 13.9. The van der Waals surface area contributed by atoms with Crippen LogP contribution in [0.5, 0.6) is 11.5 Å². The van der Waals surface area contributed by atoms with Crippen LogP contribution in [0.2, 0.25) is 5.02 Å². The van der Waals surface area contributed by atoms with E-state index in [0.29, 0.717) is 34.0 Å². The molecule has 39 heavy (non-hydrogen) atoms. The van der Waals surface area contributed by atoms with Crippen molar-refractivity contribution < 1.29 is 28.6 Å². The Balaban J connectivity index is 1.59. The van der Waals surface area contributed by atoms with Gasteiger partial charge in [-0.25, -0.2) is 4.79 Å². The van der Waals surface area contributed by atoms with Crippen molar-refractivity contribution in [3.63, 3.8) is 0 Å². The van der Waals surface area contributed by atoms with Crippen molar-refractivity contribution in [2.45, 2.75) is 63.9 Å². The highest BCUT2D eigenvalue weighted by Crippen LogP contribution is 2.48. The molecule has 1 heterocycles. The number of allylic oxidation sites excluding steroid dienone is 3. The van der Waals surface area contributed by atoms with E-state index in [4.69, 9.17) is 25.8 Å². The first-order chi connectivity index (χ1) is 18.7. The molecule has 2 aromatic rings. The lowest BCUT2D eigenvalue weighted by Crippen LogP contribution is -2.42. The molecule has 3 unspecified atom stereocenters. The van der Waals surface area contributed by atoms with Gasteiger partial charge in [0.05, 0.1) is 18.6 Å². The molecule has 0 bridgehead atoms. The van der Waals surface area contributed by atoms with Crippen LogP contribution < -0.4 is 14.8 Å². The molecule has 3 aliphatic rings. The third kappa shape index (κ3) is 5.59. The summed E-state index contributed by atoms with van der Waals surface area (Å²) in [4.78, 5) is 39.1. The summed E-state index contributed by atoms with van der Waals surface area (Å²) in [6, 6.07) is 12.7. The maximum absolute atomic E-state index is 13.9. The second kappa shape index (κ2) is 11.3. The van der Waals surface area contributed by atoms with E-state index in [1.165, 1.54) is 14.0 Å². The maximum Gasteiger partial charge on any atom is 0.336 e. The van der Waals surface area contributed by atoms with Gasteiger partial charge in [0.15, 0.2) is 11.5 Å². The number of Topliss-reactive ketones (excluding diaryl/α,β-unsaturated/α-hetero) is 1. The summed E-state index contributed by atoms with van der Waals surface area (Å²) in [5.74, 6) is -1.56. The molecular formula is C31H32ClNO6. The second-order valence-electron chi connectivity index (χ2n) is 10.4. The molecule has 1 saturated carbocycles. The number of hydrogen-bond acceptors (Lipinski definition) is 7. The molecule has 8 heteroatoms. The molecule has 0 radical (unpaired) electrons. The average molecular weight is 550 g/mol. The van der Waals surface area contributed by atoms with Crippen molar-refractivity contribution in [1.82, 2.24) is 5.32 Å². The number of hydrogen-bond donors (Lipinski definition) is 1. The lowest BCUT2D eigenvalue weighted by atomic mass is 9.68. The molecule has 1 fully saturated rings. The van der Waals surface area contributed by atoms with E-state index in [0.717, 1.165) is 36.9 Å². The number of esters is 2. The molecule has 1 N–H and O–H groups in total. The van der Waals surface area contributed by atoms with Crippen LogP contribution >= 0.6 is 11.6 Å². The topological polar surface area (TPSA) is 90.9 Å². The first kappa shape index (κ1) is 27.0. The zero-order valence-electron chi connectivity index (χ0n) is 22.3. The fraction of sp³-hybridized carbons (Fsp3) is 0.387. The number of methoxy groups -OCH3 is 1. The summed E-state index contributed by atoms with van der Waals surface area (Å²) in [6.07, 6.45) is 6.01. The number of rotatable bonds is 6. The quantitative estimate of drug-likeness (QED) is 0.350.